The number of amides is 2. The fourth-order valence-electron chi connectivity index (χ4n) is 3.66. The largest absolute Gasteiger partial charge is 0.301 e. The average Bonchev–Trinajstić information content (AvgIpc) is 3.44. The van der Waals surface area contributed by atoms with Gasteiger partial charge in [-0.3, -0.25) is 9.59 Å². The number of aromatic nitrogens is 4. The monoisotopic (exact) mass is 442 g/mol. The van der Waals surface area contributed by atoms with Crippen molar-refractivity contribution in [3.05, 3.63) is 45.9 Å². The Bertz CT molecular complexity index is 1020. The fourth-order valence-corrected chi connectivity index (χ4v) is 5.47. The molecule has 0 radical (unpaired) electrons. The first kappa shape index (κ1) is 20.5. The van der Waals surface area contributed by atoms with Gasteiger partial charge in [0.2, 0.25) is 22.1 Å². The van der Waals surface area contributed by atoms with Crippen molar-refractivity contribution in [1.29, 1.82) is 0 Å². The van der Waals surface area contributed by atoms with Crippen LogP contribution in [0.15, 0.2) is 30.3 Å². The van der Waals surface area contributed by atoms with E-state index in [0.717, 1.165) is 41.3 Å². The summed E-state index contributed by atoms with van der Waals surface area (Å²) < 4.78 is 0. The van der Waals surface area contributed by atoms with Gasteiger partial charge in [0.05, 0.1) is 6.42 Å². The van der Waals surface area contributed by atoms with Crippen LogP contribution < -0.4 is 10.6 Å². The van der Waals surface area contributed by atoms with E-state index in [0.29, 0.717) is 28.5 Å². The standard InChI is InChI=1S/C20H22N6O2S2/c1-12(27)21-19-25-23-17(29-19)11-14-7-8-15(9-14)18-24-26-20(30-18)22-16(28)10-13-5-3-2-4-6-13/h2-6,14-15H,7-11H2,1H3,(H,21,25,27)(H,22,26,28)/t14-,15+/m0/s1. The molecule has 2 amide bonds. The number of anilines is 2. The van der Waals surface area contributed by atoms with Gasteiger partial charge in [-0.15, -0.1) is 20.4 Å². The second kappa shape index (κ2) is 9.40. The molecule has 1 aliphatic rings. The Morgan fingerprint density at radius 2 is 1.77 bits per heavy atom. The third-order valence-electron chi connectivity index (χ3n) is 5.00. The van der Waals surface area contributed by atoms with E-state index in [4.69, 9.17) is 0 Å². The van der Waals surface area contributed by atoms with Crippen molar-refractivity contribution in [3.63, 3.8) is 0 Å². The van der Waals surface area contributed by atoms with Gasteiger partial charge >= 0.3 is 0 Å². The molecule has 2 heterocycles. The number of nitrogens with zero attached hydrogens (tertiary/aromatic N) is 4. The summed E-state index contributed by atoms with van der Waals surface area (Å²) in [5, 5.41) is 25.2. The average molecular weight is 443 g/mol. The predicted octanol–water partition coefficient (Wildman–Crippen LogP) is 3.66. The third kappa shape index (κ3) is 5.45. The summed E-state index contributed by atoms with van der Waals surface area (Å²) in [6, 6.07) is 9.64. The molecular formula is C20H22N6O2S2. The van der Waals surface area contributed by atoms with E-state index in [1.54, 1.807) is 0 Å². The van der Waals surface area contributed by atoms with Crippen molar-refractivity contribution in [2.75, 3.05) is 10.6 Å². The normalized spacial score (nSPS) is 18.3. The molecule has 1 aromatic carbocycles. The summed E-state index contributed by atoms with van der Waals surface area (Å²) in [5.74, 6) is 0.643. The van der Waals surface area contributed by atoms with Gasteiger partial charge < -0.3 is 10.6 Å². The molecule has 1 fully saturated rings. The van der Waals surface area contributed by atoms with Gasteiger partial charge in [0.15, 0.2) is 0 Å². The lowest BCUT2D eigenvalue weighted by Gasteiger charge is -2.06. The zero-order valence-electron chi connectivity index (χ0n) is 16.5. The molecule has 2 aromatic heterocycles. The molecule has 4 rings (SSSR count). The highest BCUT2D eigenvalue weighted by Gasteiger charge is 2.29. The lowest BCUT2D eigenvalue weighted by molar-refractivity contribution is -0.116. The maximum Gasteiger partial charge on any atom is 0.230 e. The second-order valence-corrected chi connectivity index (χ2v) is 9.49. The highest BCUT2D eigenvalue weighted by Crippen LogP contribution is 2.41. The Morgan fingerprint density at radius 3 is 2.57 bits per heavy atom. The summed E-state index contributed by atoms with van der Waals surface area (Å²) in [7, 11) is 0. The Hall–Kier alpha value is -2.72. The molecule has 0 spiro atoms. The fraction of sp³-hybridized carbons (Fsp3) is 0.400. The summed E-state index contributed by atoms with van der Waals surface area (Å²) in [6.45, 7) is 1.46. The molecule has 30 heavy (non-hydrogen) atoms. The van der Waals surface area contributed by atoms with Crippen molar-refractivity contribution in [2.24, 2.45) is 5.92 Å². The number of carbonyl (C=O) groups excluding carboxylic acids is 2. The van der Waals surface area contributed by atoms with E-state index < -0.39 is 0 Å². The molecule has 156 valence electrons. The van der Waals surface area contributed by atoms with Crippen LogP contribution in [0.4, 0.5) is 10.3 Å². The molecule has 10 heteroatoms. The summed E-state index contributed by atoms with van der Waals surface area (Å²) >= 11 is 2.89. The Labute approximate surface area is 182 Å². The summed E-state index contributed by atoms with van der Waals surface area (Å²) in [4.78, 5) is 23.3. The molecule has 0 bridgehead atoms. The maximum atomic E-state index is 12.2. The molecule has 0 unspecified atom stereocenters. The molecule has 1 saturated carbocycles. The lowest BCUT2D eigenvalue weighted by Crippen LogP contribution is -2.14. The van der Waals surface area contributed by atoms with Crippen molar-refractivity contribution in [3.8, 4) is 0 Å². The van der Waals surface area contributed by atoms with Gasteiger partial charge in [-0.2, -0.15) is 0 Å². The highest BCUT2D eigenvalue weighted by molar-refractivity contribution is 7.15. The van der Waals surface area contributed by atoms with E-state index >= 15 is 0 Å². The van der Waals surface area contributed by atoms with Crippen LogP contribution >= 0.6 is 22.7 Å². The number of hydrogen-bond donors (Lipinski definition) is 2. The third-order valence-corrected chi connectivity index (χ3v) is 6.86. The van der Waals surface area contributed by atoms with Crippen molar-refractivity contribution < 1.29 is 9.59 Å². The molecule has 1 aliphatic carbocycles. The molecule has 0 saturated heterocycles. The Balaban J connectivity index is 1.28. The second-order valence-electron chi connectivity index (χ2n) is 7.42. The number of rotatable bonds is 7. The van der Waals surface area contributed by atoms with Crippen LogP contribution in [0.25, 0.3) is 0 Å². The van der Waals surface area contributed by atoms with Crippen molar-refractivity contribution in [1.82, 2.24) is 20.4 Å². The molecule has 3 aromatic rings. The Morgan fingerprint density at radius 1 is 1.00 bits per heavy atom. The zero-order chi connectivity index (χ0) is 20.9. The molecule has 2 N–H and O–H groups in total. The smallest absolute Gasteiger partial charge is 0.230 e. The minimum Gasteiger partial charge on any atom is -0.301 e. The van der Waals surface area contributed by atoms with E-state index in [9.17, 15) is 9.59 Å². The van der Waals surface area contributed by atoms with E-state index in [1.165, 1.54) is 29.6 Å². The van der Waals surface area contributed by atoms with Gasteiger partial charge in [-0.1, -0.05) is 53.0 Å². The molecule has 8 nitrogen and oxygen atoms in total. The topological polar surface area (TPSA) is 110 Å². The maximum absolute atomic E-state index is 12.2. The van der Waals surface area contributed by atoms with Crippen LogP contribution in [0.3, 0.4) is 0 Å². The van der Waals surface area contributed by atoms with Gasteiger partial charge in [-0.25, -0.2) is 0 Å². The van der Waals surface area contributed by atoms with Crippen LogP contribution in [0.5, 0.6) is 0 Å². The predicted molar refractivity (Wildman–Crippen MR) is 117 cm³/mol. The summed E-state index contributed by atoms with van der Waals surface area (Å²) in [5.41, 5.74) is 0.969. The number of hydrogen-bond acceptors (Lipinski definition) is 8. The first-order valence-electron chi connectivity index (χ1n) is 9.82. The van der Waals surface area contributed by atoms with E-state index in [1.807, 2.05) is 30.3 Å². The van der Waals surface area contributed by atoms with Crippen molar-refractivity contribution >= 4 is 44.8 Å². The van der Waals surface area contributed by atoms with Crippen LogP contribution in [0.2, 0.25) is 0 Å². The Kier molecular flexibility index (Phi) is 6.44. The minimum atomic E-state index is -0.137. The van der Waals surface area contributed by atoms with E-state index in [-0.39, 0.29) is 11.8 Å². The lowest BCUT2D eigenvalue weighted by atomic mass is 10.0. The van der Waals surface area contributed by atoms with Crippen LogP contribution in [0, 0.1) is 5.92 Å². The summed E-state index contributed by atoms with van der Waals surface area (Å²) in [6.07, 6.45) is 4.34. The number of carbonyl (C=O) groups is 2. The van der Waals surface area contributed by atoms with Gasteiger partial charge in [0.1, 0.15) is 10.0 Å². The van der Waals surface area contributed by atoms with Crippen molar-refractivity contribution in [2.45, 2.75) is 44.9 Å². The van der Waals surface area contributed by atoms with Crippen LogP contribution in [0.1, 0.15) is 47.7 Å². The SMILES string of the molecule is CC(=O)Nc1nnc(C[C@H]2CC[C@@H](c3nnc(NC(=O)Cc4ccccc4)s3)C2)s1. The number of benzene rings is 1. The van der Waals surface area contributed by atoms with E-state index in [2.05, 4.69) is 31.0 Å². The van der Waals surface area contributed by atoms with Gasteiger partial charge in [0.25, 0.3) is 0 Å². The molecule has 0 aliphatic heterocycles. The van der Waals surface area contributed by atoms with Gasteiger partial charge in [0, 0.05) is 19.3 Å². The highest BCUT2D eigenvalue weighted by atomic mass is 32.1. The van der Waals surface area contributed by atoms with Crippen LogP contribution in [-0.4, -0.2) is 32.2 Å². The number of nitrogens with one attached hydrogen (secondary N) is 2. The van der Waals surface area contributed by atoms with Gasteiger partial charge in [-0.05, 0) is 30.7 Å². The van der Waals surface area contributed by atoms with Crippen LogP contribution in [-0.2, 0) is 22.4 Å². The zero-order valence-corrected chi connectivity index (χ0v) is 18.1. The first-order valence-corrected chi connectivity index (χ1v) is 11.5. The molecular weight excluding hydrogens is 420 g/mol. The minimum absolute atomic E-state index is 0.0838. The quantitative estimate of drug-likeness (QED) is 0.578. The molecule has 2 atom stereocenters. The first-order chi connectivity index (χ1) is 14.5.